The first-order valence-electron chi connectivity index (χ1n) is 9.81. The van der Waals surface area contributed by atoms with E-state index in [2.05, 4.69) is 21.9 Å². The van der Waals surface area contributed by atoms with Gasteiger partial charge in [0.15, 0.2) is 5.82 Å². The van der Waals surface area contributed by atoms with Crippen molar-refractivity contribution in [3.05, 3.63) is 53.7 Å². The molecule has 1 unspecified atom stereocenters. The maximum absolute atomic E-state index is 6.20. The molecule has 0 amide bonds. The number of nitrogens with zero attached hydrogens (tertiary/aromatic N) is 6. The minimum atomic E-state index is -0.403. The van der Waals surface area contributed by atoms with Crippen LogP contribution in [0.25, 0.3) is 11.4 Å². The van der Waals surface area contributed by atoms with Crippen LogP contribution in [-0.2, 0) is 30.2 Å². The molecule has 2 aliphatic rings. The van der Waals surface area contributed by atoms with Crippen molar-refractivity contribution in [1.29, 1.82) is 0 Å². The topological polar surface area (TPSA) is 69.0 Å². The molecular formula is C21H24N6O. The molecule has 5 rings (SSSR count). The van der Waals surface area contributed by atoms with Crippen molar-refractivity contribution >= 4 is 5.82 Å². The van der Waals surface area contributed by atoms with Crippen molar-refractivity contribution in [1.82, 2.24) is 24.7 Å². The molecule has 3 aromatic heterocycles. The number of ether oxygens (including phenoxy) is 1. The lowest BCUT2D eigenvalue weighted by Gasteiger charge is -2.41. The zero-order chi connectivity index (χ0) is 19.1. The molecule has 0 radical (unpaired) electrons. The smallest absolute Gasteiger partial charge is 0.161 e. The van der Waals surface area contributed by atoms with Crippen LogP contribution in [0.5, 0.6) is 0 Å². The van der Waals surface area contributed by atoms with E-state index in [1.807, 2.05) is 36.3 Å². The second kappa shape index (κ2) is 6.67. The van der Waals surface area contributed by atoms with Crippen molar-refractivity contribution in [2.75, 3.05) is 24.6 Å². The molecule has 1 aliphatic heterocycles. The fourth-order valence-corrected chi connectivity index (χ4v) is 4.22. The van der Waals surface area contributed by atoms with Crippen LogP contribution < -0.4 is 4.90 Å². The summed E-state index contributed by atoms with van der Waals surface area (Å²) in [5, 5.41) is 4.33. The molecule has 0 saturated carbocycles. The van der Waals surface area contributed by atoms with E-state index in [0.29, 0.717) is 6.61 Å². The van der Waals surface area contributed by atoms with Crippen molar-refractivity contribution in [2.45, 2.75) is 31.8 Å². The predicted molar refractivity (Wildman–Crippen MR) is 106 cm³/mol. The van der Waals surface area contributed by atoms with Crippen LogP contribution in [0.2, 0.25) is 0 Å². The lowest BCUT2D eigenvalue weighted by atomic mass is 9.96. The Hall–Kier alpha value is -2.80. The second-order valence-electron chi connectivity index (χ2n) is 7.79. The lowest BCUT2D eigenvalue weighted by molar-refractivity contribution is -0.0468. The standard InChI is InChI=1S/C21H24N6O/c1-21(16-12-23-26(2)13-16)14-27(10-11-28-21)20-17-4-3-5-18(17)24-19(25-20)15-6-8-22-9-7-15/h6-9,12-13H,3-5,10-11,14H2,1-2H3. The fraction of sp³-hybridized carbons (Fsp3) is 0.429. The number of aromatic nitrogens is 5. The van der Waals surface area contributed by atoms with Gasteiger partial charge in [0.1, 0.15) is 11.4 Å². The van der Waals surface area contributed by atoms with Crippen molar-refractivity contribution in [2.24, 2.45) is 7.05 Å². The molecule has 3 aromatic rings. The summed E-state index contributed by atoms with van der Waals surface area (Å²) in [5.41, 5.74) is 4.19. The number of hydrogen-bond acceptors (Lipinski definition) is 6. The Morgan fingerprint density at radius 2 is 2.00 bits per heavy atom. The zero-order valence-corrected chi connectivity index (χ0v) is 16.3. The fourth-order valence-electron chi connectivity index (χ4n) is 4.22. The molecular weight excluding hydrogens is 352 g/mol. The first kappa shape index (κ1) is 17.3. The highest BCUT2D eigenvalue weighted by Gasteiger charge is 2.37. The minimum absolute atomic E-state index is 0.403. The molecule has 0 N–H and O–H groups in total. The van der Waals surface area contributed by atoms with Gasteiger partial charge in [0.25, 0.3) is 0 Å². The molecule has 1 fully saturated rings. The molecule has 4 heterocycles. The molecule has 0 spiro atoms. The van der Waals surface area contributed by atoms with Gasteiger partial charge in [-0.15, -0.1) is 0 Å². The highest BCUT2D eigenvalue weighted by molar-refractivity contribution is 5.61. The van der Waals surface area contributed by atoms with Crippen LogP contribution in [0.1, 0.15) is 30.2 Å². The first-order chi connectivity index (χ1) is 13.6. The summed E-state index contributed by atoms with van der Waals surface area (Å²) in [7, 11) is 1.94. The van der Waals surface area contributed by atoms with Gasteiger partial charge in [-0.3, -0.25) is 9.67 Å². The largest absolute Gasteiger partial charge is 0.367 e. The van der Waals surface area contributed by atoms with E-state index in [9.17, 15) is 0 Å². The zero-order valence-electron chi connectivity index (χ0n) is 16.3. The summed E-state index contributed by atoms with van der Waals surface area (Å²) in [4.78, 5) is 16.4. The Labute approximate surface area is 164 Å². The SMILES string of the molecule is Cn1cc(C2(C)CN(c3nc(-c4ccncc4)nc4c3CCC4)CCO2)cn1. The van der Waals surface area contributed by atoms with Gasteiger partial charge in [-0.05, 0) is 38.3 Å². The van der Waals surface area contributed by atoms with Crippen LogP contribution in [0, 0.1) is 0 Å². The number of aryl methyl sites for hydroxylation is 2. The van der Waals surface area contributed by atoms with E-state index < -0.39 is 5.60 Å². The number of rotatable bonds is 3. The molecule has 7 heteroatoms. The van der Waals surface area contributed by atoms with Gasteiger partial charge in [-0.2, -0.15) is 5.10 Å². The Kier molecular flexibility index (Phi) is 4.12. The highest BCUT2D eigenvalue weighted by Crippen LogP contribution is 2.36. The Morgan fingerprint density at radius 1 is 1.14 bits per heavy atom. The molecule has 1 aliphatic carbocycles. The summed E-state index contributed by atoms with van der Waals surface area (Å²) in [6.45, 7) is 4.38. The number of pyridine rings is 1. The molecule has 1 saturated heterocycles. The van der Waals surface area contributed by atoms with E-state index in [4.69, 9.17) is 14.7 Å². The van der Waals surface area contributed by atoms with E-state index in [0.717, 1.165) is 55.1 Å². The maximum atomic E-state index is 6.20. The highest BCUT2D eigenvalue weighted by atomic mass is 16.5. The first-order valence-corrected chi connectivity index (χ1v) is 9.81. The van der Waals surface area contributed by atoms with Gasteiger partial charge in [-0.1, -0.05) is 0 Å². The molecule has 0 aromatic carbocycles. The van der Waals surface area contributed by atoms with Gasteiger partial charge in [0, 0.05) is 54.6 Å². The van der Waals surface area contributed by atoms with E-state index in [1.54, 1.807) is 12.4 Å². The quantitative estimate of drug-likeness (QED) is 0.700. The van der Waals surface area contributed by atoms with Gasteiger partial charge in [0.2, 0.25) is 0 Å². The van der Waals surface area contributed by atoms with Crippen molar-refractivity contribution in [3.8, 4) is 11.4 Å². The van der Waals surface area contributed by atoms with Crippen LogP contribution in [0.15, 0.2) is 36.9 Å². The van der Waals surface area contributed by atoms with Crippen LogP contribution in [0.4, 0.5) is 5.82 Å². The monoisotopic (exact) mass is 376 g/mol. The van der Waals surface area contributed by atoms with Gasteiger partial charge in [0.05, 0.1) is 19.3 Å². The third kappa shape index (κ3) is 2.96. The molecule has 7 nitrogen and oxygen atoms in total. The van der Waals surface area contributed by atoms with E-state index in [-0.39, 0.29) is 0 Å². The summed E-state index contributed by atoms with van der Waals surface area (Å²) in [6.07, 6.45) is 10.7. The molecule has 28 heavy (non-hydrogen) atoms. The summed E-state index contributed by atoms with van der Waals surface area (Å²) >= 11 is 0. The molecule has 0 bridgehead atoms. The normalized spacial score (nSPS) is 21.7. The maximum Gasteiger partial charge on any atom is 0.161 e. The number of hydrogen-bond donors (Lipinski definition) is 0. The Bertz CT molecular complexity index is 1000. The number of morpholine rings is 1. The minimum Gasteiger partial charge on any atom is -0.367 e. The summed E-state index contributed by atoms with van der Waals surface area (Å²) < 4.78 is 8.03. The molecule has 1 atom stereocenters. The van der Waals surface area contributed by atoms with Gasteiger partial charge >= 0.3 is 0 Å². The van der Waals surface area contributed by atoms with Crippen LogP contribution >= 0.6 is 0 Å². The summed E-state index contributed by atoms with van der Waals surface area (Å²) in [5.74, 6) is 1.85. The van der Waals surface area contributed by atoms with Crippen LogP contribution in [0.3, 0.4) is 0 Å². The third-order valence-corrected chi connectivity index (χ3v) is 5.74. The number of fused-ring (bicyclic) bond motifs is 1. The average Bonchev–Trinajstić information content (AvgIpc) is 3.37. The lowest BCUT2D eigenvalue weighted by Crippen LogP contribution is -2.49. The van der Waals surface area contributed by atoms with Gasteiger partial charge < -0.3 is 9.64 Å². The summed E-state index contributed by atoms with van der Waals surface area (Å²) in [6, 6.07) is 3.94. The predicted octanol–water partition coefficient (Wildman–Crippen LogP) is 2.51. The van der Waals surface area contributed by atoms with Crippen molar-refractivity contribution in [3.63, 3.8) is 0 Å². The van der Waals surface area contributed by atoms with Crippen LogP contribution in [-0.4, -0.2) is 44.4 Å². The molecule has 144 valence electrons. The Morgan fingerprint density at radius 3 is 2.79 bits per heavy atom. The number of anilines is 1. The van der Waals surface area contributed by atoms with E-state index >= 15 is 0 Å². The van der Waals surface area contributed by atoms with Gasteiger partial charge in [-0.25, -0.2) is 9.97 Å². The second-order valence-corrected chi connectivity index (χ2v) is 7.79. The van der Waals surface area contributed by atoms with E-state index in [1.165, 1.54) is 11.3 Å². The Balaban J connectivity index is 1.54. The van der Waals surface area contributed by atoms with Crippen molar-refractivity contribution < 1.29 is 4.74 Å². The average molecular weight is 376 g/mol. The third-order valence-electron chi connectivity index (χ3n) is 5.74.